The van der Waals surface area contributed by atoms with E-state index in [1.165, 1.54) is 12.1 Å². The number of halogens is 4. The third-order valence-corrected chi connectivity index (χ3v) is 3.60. The van der Waals surface area contributed by atoms with Gasteiger partial charge in [-0.1, -0.05) is 25.0 Å². The molecule has 1 aliphatic rings. The molecule has 0 bridgehead atoms. The average Bonchev–Trinajstić information content (AvgIpc) is 2.80. The van der Waals surface area contributed by atoms with E-state index in [1.54, 1.807) is 0 Å². The number of rotatable bonds is 2. The van der Waals surface area contributed by atoms with E-state index in [4.69, 9.17) is 5.73 Å². The molecule has 0 radical (unpaired) electrons. The number of nitrogens with two attached hydrogens (primary N) is 1. The van der Waals surface area contributed by atoms with Gasteiger partial charge in [-0.15, -0.1) is 0 Å². The Balaban J connectivity index is 2.33. The molecular formula is C13H15F4N. The van der Waals surface area contributed by atoms with E-state index in [2.05, 4.69) is 0 Å². The Labute approximate surface area is 103 Å². The standard InChI is InChI=1S/C13H15F4N/c14-11-9(12(18)8-4-1-2-5-8)6-3-7-10(11)13(15,16)17/h3,6-8,12H,1-2,4-5,18H2/t12-/m0/s1. The summed E-state index contributed by atoms with van der Waals surface area (Å²) in [7, 11) is 0. The van der Waals surface area contributed by atoms with Crippen molar-refractivity contribution in [1.29, 1.82) is 0 Å². The molecule has 1 aromatic carbocycles. The van der Waals surface area contributed by atoms with Gasteiger partial charge in [-0.05, 0) is 24.8 Å². The van der Waals surface area contributed by atoms with Crippen molar-refractivity contribution in [2.24, 2.45) is 11.7 Å². The normalized spacial score (nSPS) is 19.2. The first kappa shape index (κ1) is 13.3. The fourth-order valence-electron chi connectivity index (χ4n) is 2.60. The van der Waals surface area contributed by atoms with Gasteiger partial charge in [-0.2, -0.15) is 13.2 Å². The third-order valence-electron chi connectivity index (χ3n) is 3.60. The fraction of sp³-hybridized carbons (Fsp3) is 0.538. The van der Waals surface area contributed by atoms with Crippen LogP contribution in [0.25, 0.3) is 0 Å². The Hall–Kier alpha value is -1.10. The first-order valence-electron chi connectivity index (χ1n) is 6.02. The zero-order valence-electron chi connectivity index (χ0n) is 9.80. The van der Waals surface area contributed by atoms with E-state index in [-0.39, 0.29) is 11.5 Å². The van der Waals surface area contributed by atoms with E-state index >= 15 is 0 Å². The lowest BCUT2D eigenvalue weighted by Gasteiger charge is -2.21. The van der Waals surface area contributed by atoms with Crippen LogP contribution >= 0.6 is 0 Å². The molecule has 1 aliphatic carbocycles. The number of hydrogen-bond acceptors (Lipinski definition) is 1. The molecule has 1 atom stereocenters. The largest absolute Gasteiger partial charge is 0.419 e. The van der Waals surface area contributed by atoms with Crippen molar-refractivity contribution in [2.75, 3.05) is 0 Å². The second-order valence-electron chi connectivity index (χ2n) is 4.78. The molecular weight excluding hydrogens is 246 g/mol. The van der Waals surface area contributed by atoms with Crippen molar-refractivity contribution >= 4 is 0 Å². The van der Waals surface area contributed by atoms with Crippen molar-refractivity contribution in [3.05, 3.63) is 35.1 Å². The second kappa shape index (κ2) is 4.88. The van der Waals surface area contributed by atoms with Gasteiger partial charge < -0.3 is 5.73 Å². The molecule has 1 fully saturated rings. The fourth-order valence-corrected chi connectivity index (χ4v) is 2.60. The van der Waals surface area contributed by atoms with Crippen LogP contribution in [0.15, 0.2) is 18.2 Å². The predicted octanol–water partition coefficient (Wildman–Crippen LogP) is 4.03. The maximum absolute atomic E-state index is 13.9. The minimum atomic E-state index is -4.67. The van der Waals surface area contributed by atoms with Crippen molar-refractivity contribution in [3.63, 3.8) is 0 Å². The van der Waals surface area contributed by atoms with Gasteiger partial charge in [0.25, 0.3) is 0 Å². The van der Waals surface area contributed by atoms with E-state index < -0.39 is 23.6 Å². The van der Waals surface area contributed by atoms with Gasteiger partial charge in [0, 0.05) is 11.6 Å². The molecule has 0 heterocycles. The van der Waals surface area contributed by atoms with Crippen molar-refractivity contribution in [3.8, 4) is 0 Å². The van der Waals surface area contributed by atoms with Crippen molar-refractivity contribution < 1.29 is 17.6 Å². The van der Waals surface area contributed by atoms with Crippen LogP contribution in [0.2, 0.25) is 0 Å². The Morgan fingerprint density at radius 1 is 1.17 bits per heavy atom. The molecule has 0 unspecified atom stereocenters. The molecule has 18 heavy (non-hydrogen) atoms. The lowest BCUT2D eigenvalue weighted by Crippen LogP contribution is -2.22. The molecule has 0 aromatic heterocycles. The SMILES string of the molecule is N[C@H](c1cccc(C(F)(F)F)c1F)C1CCCC1. The van der Waals surface area contributed by atoms with Crippen LogP contribution in [0.3, 0.4) is 0 Å². The highest BCUT2D eigenvalue weighted by Crippen LogP contribution is 2.38. The molecule has 0 spiro atoms. The maximum Gasteiger partial charge on any atom is 0.419 e. The van der Waals surface area contributed by atoms with Gasteiger partial charge in [0.2, 0.25) is 0 Å². The van der Waals surface area contributed by atoms with E-state index in [9.17, 15) is 17.6 Å². The highest BCUT2D eigenvalue weighted by atomic mass is 19.4. The molecule has 0 saturated heterocycles. The summed E-state index contributed by atoms with van der Waals surface area (Å²) in [5.41, 5.74) is 4.66. The van der Waals surface area contributed by atoms with Gasteiger partial charge in [0.15, 0.2) is 0 Å². The summed E-state index contributed by atoms with van der Waals surface area (Å²) in [6.07, 6.45) is -0.929. The lowest BCUT2D eigenvalue weighted by molar-refractivity contribution is -0.140. The number of alkyl halides is 3. The van der Waals surface area contributed by atoms with Crippen LogP contribution in [0.1, 0.15) is 42.9 Å². The Bertz CT molecular complexity index is 421. The molecule has 1 aromatic rings. The quantitative estimate of drug-likeness (QED) is 0.799. The van der Waals surface area contributed by atoms with E-state index in [0.29, 0.717) is 0 Å². The van der Waals surface area contributed by atoms with Crippen LogP contribution in [-0.2, 0) is 6.18 Å². The van der Waals surface area contributed by atoms with Crippen molar-refractivity contribution in [1.82, 2.24) is 0 Å². The van der Waals surface area contributed by atoms with Crippen LogP contribution < -0.4 is 5.73 Å². The van der Waals surface area contributed by atoms with Gasteiger partial charge in [0.05, 0.1) is 5.56 Å². The summed E-state index contributed by atoms with van der Waals surface area (Å²) in [6.45, 7) is 0. The van der Waals surface area contributed by atoms with Crippen LogP contribution in [0.5, 0.6) is 0 Å². The van der Waals surface area contributed by atoms with Crippen molar-refractivity contribution in [2.45, 2.75) is 37.9 Å². The molecule has 1 nitrogen and oxygen atoms in total. The topological polar surface area (TPSA) is 26.0 Å². The first-order chi connectivity index (χ1) is 8.41. The van der Waals surface area contributed by atoms with Gasteiger partial charge in [-0.3, -0.25) is 0 Å². The summed E-state index contributed by atoms with van der Waals surface area (Å²) in [5.74, 6) is -1.13. The Morgan fingerprint density at radius 2 is 1.78 bits per heavy atom. The molecule has 5 heteroatoms. The lowest BCUT2D eigenvalue weighted by atomic mass is 9.91. The van der Waals surface area contributed by atoms with Gasteiger partial charge in [0.1, 0.15) is 5.82 Å². The summed E-state index contributed by atoms with van der Waals surface area (Å²) < 4.78 is 51.6. The smallest absolute Gasteiger partial charge is 0.324 e. The third kappa shape index (κ3) is 2.51. The maximum atomic E-state index is 13.9. The number of benzene rings is 1. The average molecular weight is 261 g/mol. The summed E-state index contributed by atoms with van der Waals surface area (Å²) in [6, 6.07) is 2.68. The van der Waals surface area contributed by atoms with Crippen LogP contribution in [-0.4, -0.2) is 0 Å². The molecule has 1 saturated carbocycles. The van der Waals surface area contributed by atoms with Gasteiger partial charge in [-0.25, -0.2) is 4.39 Å². The zero-order valence-corrected chi connectivity index (χ0v) is 9.80. The van der Waals surface area contributed by atoms with E-state index in [1.807, 2.05) is 0 Å². The van der Waals surface area contributed by atoms with Crippen LogP contribution in [0, 0.1) is 11.7 Å². The highest BCUT2D eigenvalue weighted by molar-refractivity contribution is 5.30. The van der Waals surface area contributed by atoms with Crippen LogP contribution in [0.4, 0.5) is 17.6 Å². The number of hydrogen-bond donors (Lipinski definition) is 1. The van der Waals surface area contributed by atoms with E-state index in [0.717, 1.165) is 31.7 Å². The molecule has 100 valence electrons. The molecule has 0 aliphatic heterocycles. The Kier molecular flexibility index (Phi) is 3.61. The Morgan fingerprint density at radius 3 is 2.33 bits per heavy atom. The highest BCUT2D eigenvalue weighted by Gasteiger charge is 2.36. The minimum absolute atomic E-state index is 0.0169. The predicted molar refractivity (Wildman–Crippen MR) is 60.3 cm³/mol. The second-order valence-corrected chi connectivity index (χ2v) is 4.78. The summed E-state index contributed by atoms with van der Waals surface area (Å²) in [4.78, 5) is 0. The molecule has 0 amide bonds. The molecule has 2 rings (SSSR count). The minimum Gasteiger partial charge on any atom is -0.324 e. The summed E-state index contributed by atoms with van der Waals surface area (Å²) >= 11 is 0. The molecule has 2 N–H and O–H groups in total. The summed E-state index contributed by atoms with van der Waals surface area (Å²) in [5, 5.41) is 0. The zero-order chi connectivity index (χ0) is 13.3. The first-order valence-corrected chi connectivity index (χ1v) is 6.02. The van der Waals surface area contributed by atoms with Gasteiger partial charge >= 0.3 is 6.18 Å². The monoisotopic (exact) mass is 261 g/mol.